The monoisotopic (exact) mass is 254 g/mol. The zero-order valence-corrected chi connectivity index (χ0v) is 12.3. The molecular formula is C15H26O3. The Morgan fingerprint density at radius 1 is 1.17 bits per heavy atom. The molecule has 0 atom stereocenters. The zero-order chi connectivity index (χ0) is 14.1. The van der Waals surface area contributed by atoms with Gasteiger partial charge in [0.15, 0.2) is 5.78 Å². The number of carbonyl (C=O) groups excluding carboxylic acids is 2. The van der Waals surface area contributed by atoms with E-state index < -0.39 is 5.97 Å². The average Bonchev–Trinajstić information content (AvgIpc) is 2.33. The second kappa shape index (κ2) is 8.90. The summed E-state index contributed by atoms with van der Waals surface area (Å²) in [7, 11) is 0. The third-order valence-electron chi connectivity index (χ3n) is 2.68. The molecule has 0 bridgehead atoms. The highest BCUT2D eigenvalue weighted by Crippen LogP contribution is 2.16. The SMILES string of the molecule is CCCCC(C)=C(C(=O)CC)C(=O)OCC(C)C. The van der Waals surface area contributed by atoms with Crippen molar-refractivity contribution >= 4 is 11.8 Å². The molecule has 0 fully saturated rings. The molecule has 0 amide bonds. The second-order valence-corrected chi connectivity index (χ2v) is 5.03. The minimum absolute atomic E-state index is 0.114. The van der Waals surface area contributed by atoms with E-state index in [-0.39, 0.29) is 17.3 Å². The van der Waals surface area contributed by atoms with Gasteiger partial charge in [0, 0.05) is 6.42 Å². The van der Waals surface area contributed by atoms with Crippen LogP contribution in [-0.2, 0) is 14.3 Å². The number of ether oxygens (including phenoxy) is 1. The molecule has 0 aromatic rings. The molecule has 0 heterocycles. The van der Waals surface area contributed by atoms with Crippen LogP contribution in [0.5, 0.6) is 0 Å². The van der Waals surface area contributed by atoms with Crippen molar-refractivity contribution in [3.8, 4) is 0 Å². The topological polar surface area (TPSA) is 43.4 Å². The largest absolute Gasteiger partial charge is 0.462 e. The van der Waals surface area contributed by atoms with E-state index in [1.165, 1.54) is 0 Å². The maximum Gasteiger partial charge on any atom is 0.341 e. The number of unbranched alkanes of at least 4 members (excludes halogenated alkanes) is 1. The van der Waals surface area contributed by atoms with Crippen molar-refractivity contribution < 1.29 is 14.3 Å². The van der Waals surface area contributed by atoms with Gasteiger partial charge in [0.25, 0.3) is 0 Å². The molecule has 0 radical (unpaired) electrons. The highest BCUT2D eigenvalue weighted by Gasteiger charge is 2.21. The van der Waals surface area contributed by atoms with Gasteiger partial charge >= 0.3 is 5.97 Å². The number of rotatable bonds is 8. The Balaban J connectivity index is 4.87. The second-order valence-electron chi connectivity index (χ2n) is 5.03. The molecule has 0 aliphatic rings. The number of hydrogen-bond donors (Lipinski definition) is 0. The molecule has 0 aliphatic heterocycles. The molecule has 0 saturated carbocycles. The van der Waals surface area contributed by atoms with Gasteiger partial charge in [-0.3, -0.25) is 4.79 Å². The standard InChI is InChI=1S/C15H26O3/c1-6-8-9-12(5)14(13(16)7-2)15(17)18-10-11(3)4/h11H,6-10H2,1-5H3. The van der Waals surface area contributed by atoms with Crippen LogP contribution < -0.4 is 0 Å². The maximum absolute atomic E-state index is 12.0. The molecule has 18 heavy (non-hydrogen) atoms. The highest BCUT2D eigenvalue weighted by molar-refractivity contribution is 6.17. The van der Waals surface area contributed by atoms with Crippen molar-refractivity contribution in [2.45, 2.75) is 60.3 Å². The van der Waals surface area contributed by atoms with Crippen LogP contribution in [0.4, 0.5) is 0 Å². The van der Waals surface area contributed by atoms with Gasteiger partial charge in [-0.25, -0.2) is 4.79 Å². The highest BCUT2D eigenvalue weighted by atomic mass is 16.5. The third-order valence-corrected chi connectivity index (χ3v) is 2.68. The molecule has 3 nitrogen and oxygen atoms in total. The van der Waals surface area contributed by atoms with E-state index in [1.54, 1.807) is 6.92 Å². The fraction of sp³-hybridized carbons (Fsp3) is 0.733. The summed E-state index contributed by atoms with van der Waals surface area (Å²) < 4.78 is 5.17. The molecular weight excluding hydrogens is 228 g/mol. The quantitative estimate of drug-likeness (QED) is 0.287. The Morgan fingerprint density at radius 3 is 2.22 bits per heavy atom. The van der Waals surface area contributed by atoms with Gasteiger partial charge < -0.3 is 4.74 Å². The molecule has 104 valence electrons. The normalized spacial score (nSPS) is 12.3. The van der Waals surface area contributed by atoms with Crippen molar-refractivity contribution in [3.63, 3.8) is 0 Å². The van der Waals surface area contributed by atoms with E-state index in [0.717, 1.165) is 24.8 Å². The smallest absolute Gasteiger partial charge is 0.341 e. The van der Waals surface area contributed by atoms with Crippen LogP contribution in [0.1, 0.15) is 60.3 Å². The number of ketones is 1. The first-order valence-corrected chi connectivity index (χ1v) is 6.84. The van der Waals surface area contributed by atoms with E-state index in [9.17, 15) is 9.59 Å². The van der Waals surface area contributed by atoms with Crippen molar-refractivity contribution in [3.05, 3.63) is 11.1 Å². The first-order valence-electron chi connectivity index (χ1n) is 6.84. The minimum atomic E-state index is -0.454. The Labute approximate surface area is 111 Å². The van der Waals surface area contributed by atoms with E-state index in [0.29, 0.717) is 13.0 Å². The van der Waals surface area contributed by atoms with Crippen LogP contribution in [0, 0.1) is 5.92 Å². The predicted octanol–water partition coefficient (Wildman–Crippen LogP) is 3.67. The first kappa shape index (κ1) is 16.9. The number of hydrogen-bond acceptors (Lipinski definition) is 3. The Hall–Kier alpha value is -1.12. The fourth-order valence-corrected chi connectivity index (χ4v) is 1.58. The van der Waals surface area contributed by atoms with Gasteiger partial charge in [0.2, 0.25) is 0 Å². The van der Waals surface area contributed by atoms with Crippen LogP contribution in [0.15, 0.2) is 11.1 Å². The summed E-state index contributed by atoms with van der Waals surface area (Å²) in [6, 6.07) is 0. The lowest BCUT2D eigenvalue weighted by Crippen LogP contribution is -2.19. The van der Waals surface area contributed by atoms with Crippen LogP contribution in [0.25, 0.3) is 0 Å². The summed E-state index contributed by atoms with van der Waals surface area (Å²) in [4.78, 5) is 23.8. The lowest BCUT2D eigenvalue weighted by Gasteiger charge is -2.12. The molecule has 0 saturated heterocycles. The van der Waals surface area contributed by atoms with Gasteiger partial charge in [-0.15, -0.1) is 0 Å². The van der Waals surface area contributed by atoms with Gasteiger partial charge in [0.05, 0.1) is 6.61 Å². The molecule has 0 aromatic carbocycles. The van der Waals surface area contributed by atoms with E-state index in [4.69, 9.17) is 4.74 Å². The Kier molecular flexibility index (Phi) is 8.34. The summed E-state index contributed by atoms with van der Waals surface area (Å²) in [5.74, 6) is -0.288. The average molecular weight is 254 g/mol. The Morgan fingerprint density at radius 2 is 1.78 bits per heavy atom. The van der Waals surface area contributed by atoms with Crippen molar-refractivity contribution in [2.75, 3.05) is 6.61 Å². The maximum atomic E-state index is 12.0. The number of esters is 1. The number of Topliss-reactive ketones (excluding diaryl/α,β-unsaturated/α-hetero) is 1. The van der Waals surface area contributed by atoms with Crippen molar-refractivity contribution in [1.29, 1.82) is 0 Å². The molecule has 0 rings (SSSR count). The summed E-state index contributed by atoms with van der Waals surface area (Å²) in [5.41, 5.74) is 1.13. The minimum Gasteiger partial charge on any atom is -0.462 e. The molecule has 0 N–H and O–H groups in total. The van der Waals surface area contributed by atoms with Crippen LogP contribution in [-0.4, -0.2) is 18.4 Å². The number of carbonyl (C=O) groups is 2. The van der Waals surface area contributed by atoms with Crippen molar-refractivity contribution in [1.82, 2.24) is 0 Å². The van der Waals surface area contributed by atoms with Gasteiger partial charge in [0.1, 0.15) is 5.57 Å². The molecule has 0 aliphatic carbocycles. The van der Waals surface area contributed by atoms with Crippen LogP contribution in [0.2, 0.25) is 0 Å². The van der Waals surface area contributed by atoms with Crippen LogP contribution in [0.3, 0.4) is 0 Å². The molecule has 0 unspecified atom stereocenters. The Bertz CT molecular complexity index is 314. The van der Waals surface area contributed by atoms with Gasteiger partial charge in [-0.05, 0) is 25.7 Å². The molecule has 3 heteroatoms. The van der Waals surface area contributed by atoms with E-state index in [2.05, 4.69) is 6.92 Å². The summed E-state index contributed by atoms with van der Waals surface area (Å²) in [5, 5.41) is 0. The van der Waals surface area contributed by atoms with Crippen LogP contribution >= 0.6 is 0 Å². The lowest BCUT2D eigenvalue weighted by molar-refractivity contribution is -0.141. The zero-order valence-electron chi connectivity index (χ0n) is 12.3. The lowest BCUT2D eigenvalue weighted by atomic mass is 9.99. The fourth-order valence-electron chi connectivity index (χ4n) is 1.58. The van der Waals surface area contributed by atoms with Crippen molar-refractivity contribution in [2.24, 2.45) is 5.92 Å². The summed E-state index contributed by atoms with van der Waals surface area (Å²) in [6.45, 7) is 10.0. The van der Waals surface area contributed by atoms with Gasteiger partial charge in [-0.2, -0.15) is 0 Å². The summed E-state index contributed by atoms with van der Waals surface area (Å²) >= 11 is 0. The number of allylic oxidation sites excluding steroid dienone is 1. The van der Waals surface area contributed by atoms with E-state index in [1.807, 2.05) is 20.8 Å². The summed E-state index contributed by atoms with van der Waals surface area (Å²) in [6.07, 6.45) is 3.17. The van der Waals surface area contributed by atoms with E-state index >= 15 is 0 Å². The third kappa shape index (κ3) is 5.99. The first-order chi connectivity index (χ1) is 8.43. The molecule has 0 spiro atoms. The van der Waals surface area contributed by atoms with Gasteiger partial charge in [-0.1, -0.05) is 39.7 Å². The molecule has 0 aromatic heterocycles. The predicted molar refractivity (Wildman–Crippen MR) is 73.3 cm³/mol.